The minimum Gasteiger partial charge on any atom is -0.365 e. The summed E-state index contributed by atoms with van der Waals surface area (Å²) < 4.78 is 0. The topological polar surface area (TPSA) is 92.9 Å². The first-order valence-corrected chi connectivity index (χ1v) is 5.72. The van der Waals surface area contributed by atoms with Gasteiger partial charge in [-0.3, -0.25) is 5.32 Å². The van der Waals surface area contributed by atoms with Gasteiger partial charge in [0.25, 0.3) is 0 Å². The average molecular weight is 249 g/mol. The Kier molecular flexibility index (Phi) is 3.51. The van der Waals surface area contributed by atoms with Gasteiger partial charge < -0.3 is 11.1 Å². The van der Waals surface area contributed by atoms with E-state index in [0.29, 0.717) is 11.7 Å². The zero-order valence-electron chi connectivity index (χ0n) is 8.88. The monoisotopic (exact) mass is 249 g/mol. The number of primary amides is 1. The molecule has 2 aromatic heterocycles. The molecule has 0 radical (unpaired) electrons. The fourth-order valence-corrected chi connectivity index (χ4v) is 1.95. The third-order valence-electron chi connectivity index (χ3n) is 1.89. The van der Waals surface area contributed by atoms with E-state index in [2.05, 4.69) is 20.6 Å². The number of amides is 2. The molecule has 7 heteroatoms. The first-order valence-electron chi connectivity index (χ1n) is 4.90. The van der Waals surface area contributed by atoms with Gasteiger partial charge in [0.2, 0.25) is 0 Å². The van der Waals surface area contributed by atoms with Crippen molar-refractivity contribution in [3.63, 3.8) is 0 Å². The van der Waals surface area contributed by atoms with E-state index >= 15 is 0 Å². The summed E-state index contributed by atoms with van der Waals surface area (Å²) in [7, 11) is 0. The van der Waals surface area contributed by atoms with E-state index in [-0.39, 0.29) is 0 Å². The Hall–Kier alpha value is -2.15. The number of pyridine rings is 1. The van der Waals surface area contributed by atoms with E-state index in [1.165, 1.54) is 11.3 Å². The summed E-state index contributed by atoms with van der Waals surface area (Å²) >= 11 is 1.37. The molecule has 2 amide bonds. The molecule has 2 heterocycles. The molecule has 0 spiro atoms. The molecule has 0 aliphatic carbocycles. The van der Waals surface area contributed by atoms with Crippen molar-refractivity contribution in [3.05, 3.63) is 35.5 Å². The quantitative estimate of drug-likeness (QED) is 0.768. The van der Waals surface area contributed by atoms with Crippen LogP contribution in [0.15, 0.2) is 30.6 Å². The number of hydrogen-bond acceptors (Lipinski definition) is 5. The fourth-order valence-electron chi connectivity index (χ4n) is 1.20. The Morgan fingerprint density at radius 3 is 3.00 bits per heavy atom. The molecule has 0 bridgehead atoms. The van der Waals surface area contributed by atoms with E-state index in [1.807, 2.05) is 18.2 Å². The lowest BCUT2D eigenvalue weighted by Gasteiger charge is -2.01. The number of thiazole rings is 1. The number of carbonyl (C=O) groups excluding carboxylic acids is 1. The maximum absolute atomic E-state index is 10.6. The van der Waals surface area contributed by atoms with Gasteiger partial charge in [0.05, 0.1) is 6.54 Å². The van der Waals surface area contributed by atoms with E-state index in [0.717, 1.165) is 10.7 Å². The largest absolute Gasteiger partial charge is 0.365 e. The lowest BCUT2D eigenvalue weighted by molar-refractivity contribution is 0.259. The van der Waals surface area contributed by atoms with Crippen molar-refractivity contribution >= 4 is 28.3 Å². The number of aromatic nitrogens is 2. The van der Waals surface area contributed by atoms with Gasteiger partial charge >= 0.3 is 6.03 Å². The lowest BCUT2D eigenvalue weighted by atomic mass is 10.4. The van der Waals surface area contributed by atoms with E-state index in [1.54, 1.807) is 12.4 Å². The number of nitrogens with zero attached hydrogens (tertiary/aromatic N) is 2. The summed E-state index contributed by atoms with van der Waals surface area (Å²) in [5.41, 5.74) is 4.99. The lowest BCUT2D eigenvalue weighted by Crippen LogP contribution is -2.18. The van der Waals surface area contributed by atoms with Crippen LogP contribution in [0.3, 0.4) is 0 Å². The Balaban J connectivity index is 1.91. The zero-order valence-corrected chi connectivity index (χ0v) is 9.70. The number of carbonyl (C=O) groups is 1. The van der Waals surface area contributed by atoms with Gasteiger partial charge in [-0.05, 0) is 12.1 Å². The highest BCUT2D eigenvalue weighted by Crippen LogP contribution is 2.18. The highest BCUT2D eigenvalue weighted by atomic mass is 32.1. The molecule has 0 atom stereocenters. The Bertz CT molecular complexity index is 498. The van der Waals surface area contributed by atoms with Gasteiger partial charge in [-0.25, -0.2) is 14.8 Å². The number of urea groups is 1. The molecule has 4 N–H and O–H groups in total. The van der Waals surface area contributed by atoms with Crippen LogP contribution in [0.2, 0.25) is 0 Å². The Morgan fingerprint density at radius 2 is 2.29 bits per heavy atom. The molecular weight excluding hydrogens is 238 g/mol. The van der Waals surface area contributed by atoms with E-state index < -0.39 is 6.03 Å². The number of nitrogens with one attached hydrogen (secondary N) is 2. The van der Waals surface area contributed by atoms with Crippen molar-refractivity contribution < 1.29 is 4.79 Å². The number of rotatable bonds is 4. The molecule has 0 saturated heterocycles. The molecule has 2 aromatic rings. The highest BCUT2D eigenvalue weighted by molar-refractivity contribution is 7.15. The van der Waals surface area contributed by atoms with Crippen LogP contribution >= 0.6 is 11.3 Å². The summed E-state index contributed by atoms with van der Waals surface area (Å²) in [6.45, 7) is 0.606. The number of nitrogens with two attached hydrogens (primary N) is 1. The van der Waals surface area contributed by atoms with Crippen LogP contribution in [-0.4, -0.2) is 16.0 Å². The summed E-state index contributed by atoms with van der Waals surface area (Å²) in [4.78, 5) is 19.7. The van der Waals surface area contributed by atoms with Crippen molar-refractivity contribution in [1.29, 1.82) is 0 Å². The molecule has 2 rings (SSSR count). The second-order valence-electron chi connectivity index (χ2n) is 3.19. The summed E-state index contributed by atoms with van der Waals surface area (Å²) in [5, 5.41) is 6.06. The molecule has 0 aliphatic heterocycles. The normalized spacial score (nSPS) is 9.88. The second kappa shape index (κ2) is 5.26. The van der Waals surface area contributed by atoms with Crippen LogP contribution in [0, 0.1) is 0 Å². The predicted octanol–water partition coefficient (Wildman–Crippen LogP) is 1.64. The molecule has 17 heavy (non-hydrogen) atoms. The summed E-state index contributed by atoms with van der Waals surface area (Å²) in [6, 6.07) is 5.03. The SMILES string of the molecule is NC(=O)Nc1ncc(CNc2ccccn2)s1. The van der Waals surface area contributed by atoms with Gasteiger partial charge in [-0.1, -0.05) is 17.4 Å². The van der Waals surface area contributed by atoms with Crippen LogP contribution < -0.4 is 16.4 Å². The van der Waals surface area contributed by atoms with Crippen LogP contribution in [0.25, 0.3) is 0 Å². The smallest absolute Gasteiger partial charge is 0.318 e. The summed E-state index contributed by atoms with van der Waals surface area (Å²) in [5.74, 6) is 0.797. The maximum atomic E-state index is 10.6. The van der Waals surface area contributed by atoms with Crippen LogP contribution in [0.4, 0.5) is 15.7 Å². The molecule has 0 saturated carbocycles. The van der Waals surface area contributed by atoms with E-state index in [9.17, 15) is 4.79 Å². The first kappa shape index (κ1) is 11.3. The Morgan fingerprint density at radius 1 is 1.41 bits per heavy atom. The van der Waals surface area contributed by atoms with Crippen LogP contribution in [-0.2, 0) is 6.54 Å². The first-order chi connectivity index (χ1) is 8.24. The van der Waals surface area contributed by atoms with Gasteiger partial charge in [0.15, 0.2) is 5.13 Å². The summed E-state index contributed by atoms with van der Waals surface area (Å²) in [6.07, 6.45) is 3.40. The predicted molar refractivity (Wildman–Crippen MR) is 66.9 cm³/mol. The highest BCUT2D eigenvalue weighted by Gasteiger charge is 2.03. The third-order valence-corrected chi connectivity index (χ3v) is 2.81. The van der Waals surface area contributed by atoms with Gasteiger partial charge in [0.1, 0.15) is 5.82 Å². The molecular formula is C10H11N5OS. The Labute approximate surface area is 102 Å². The van der Waals surface area contributed by atoms with Crippen molar-refractivity contribution in [1.82, 2.24) is 9.97 Å². The van der Waals surface area contributed by atoms with Crippen molar-refractivity contribution in [2.45, 2.75) is 6.54 Å². The average Bonchev–Trinajstić information content (AvgIpc) is 2.75. The number of hydrogen-bond donors (Lipinski definition) is 3. The third kappa shape index (κ3) is 3.42. The second-order valence-corrected chi connectivity index (χ2v) is 4.30. The minimum atomic E-state index is -0.608. The number of anilines is 2. The maximum Gasteiger partial charge on any atom is 0.318 e. The standard InChI is InChI=1S/C10H11N5OS/c11-9(16)15-10-14-6-7(17-10)5-13-8-3-1-2-4-12-8/h1-4,6H,5H2,(H,12,13)(H3,11,14,15,16). The van der Waals surface area contributed by atoms with Crippen LogP contribution in [0.1, 0.15) is 4.88 Å². The van der Waals surface area contributed by atoms with Crippen molar-refractivity contribution in [2.24, 2.45) is 5.73 Å². The molecule has 0 unspecified atom stereocenters. The zero-order chi connectivity index (χ0) is 12.1. The molecule has 0 aromatic carbocycles. The van der Waals surface area contributed by atoms with Crippen molar-refractivity contribution in [3.8, 4) is 0 Å². The molecule has 0 aliphatic rings. The van der Waals surface area contributed by atoms with E-state index in [4.69, 9.17) is 5.73 Å². The van der Waals surface area contributed by atoms with Crippen molar-refractivity contribution in [2.75, 3.05) is 10.6 Å². The van der Waals surface area contributed by atoms with Gasteiger partial charge in [-0.15, -0.1) is 0 Å². The molecule has 88 valence electrons. The molecule has 0 fully saturated rings. The van der Waals surface area contributed by atoms with Gasteiger partial charge in [0, 0.05) is 17.3 Å². The minimum absolute atomic E-state index is 0.496. The molecule has 6 nitrogen and oxygen atoms in total. The fraction of sp³-hybridized carbons (Fsp3) is 0.100. The van der Waals surface area contributed by atoms with Crippen LogP contribution in [0.5, 0.6) is 0 Å². The van der Waals surface area contributed by atoms with Gasteiger partial charge in [-0.2, -0.15) is 0 Å².